The quantitative estimate of drug-likeness (QED) is 0.303. The fraction of sp³-hybridized carbons (Fsp3) is 0.394. The molecule has 2 N–H and O–H groups in total. The van der Waals surface area contributed by atoms with Gasteiger partial charge >= 0.3 is 12.1 Å². The predicted octanol–water partition coefficient (Wildman–Crippen LogP) is 6.26. The molecule has 43 heavy (non-hydrogen) atoms. The fourth-order valence-corrected chi connectivity index (χ4v) is 6.19. The van der Waals surface area contributed by atoms with Gasteiger partial charge in [-0.2, -0.15) is 13.2 Å². The lowest BCUT2D eigenvalue weighted by Crippen LogP contribution is -2.49. The summed E-state index contributed by atoms with van der Waals surface area (Å²) < 4.78 is 51.8. The topological polar surface area (TPSA) is 88.1 Å². The number of rotatable bonds is 9. The van der Waals surface area contributed by atoms with Gasteiger partial charge in [-0.15, -0.1) is 0 Å². The second-order valence-corrected chi connectivity index (χ2v) is 11.7. The van der Waals surface area contributed by atoms with Gasteiger partial charge in [-0.25, -0.2) is 4.79 Å². The lowest BCUT2D eigenvalue weighted by molar-refractivity contribution is -0.157. The van der Waals surface area contributed by atoms with Crippen LogP contribution < -0.4 is 10.1 Å². The summed E-state index contributed by atoms with van der Waals surface area (Å²) in [7, 11) is 2.78. The Morgan fingerprint density at radius 3 is 2.07 bits per heavy atom. The third-order valence-electron chi connectivity index (χ3n) is 8.01. The van der Waals surface area contributed by atoms with Crippen molar-refractivity contribution in [2.24, 2.45) is 11.3 Å². The highest BCUT2D eigenvalue weighted by atomic mass is 19.4. The van der Waals surface area contributed by atoms with E-state index in [0.29, 0.717) is 11.1 Å². The van der Waals surface area contributed by atoms with E-state index in [1.165, 1.54) is 25.2 Å². The predicted molar refractivity (Wildman–Crippen MR) is 155 cm³/mol. The van der Waals surface area contributed by atoms with Crippen LogP contribution in [0.4, 0.5) is 13.2 Å². The fourth-order valence-electron chi connectivity index (χ4n) is 6.19. The average molecular weight is 599 g/mol. The molecule has 0 aromatic heterocycles. The zero-order valence-electron chi connectivity index (χ0n) is 24.8. The van der Waals surface area contributed by atoms with E-state index in [2.05, 4.69) is 5.32 Å². The number of carbonyl (C=O) groups excluding carboxylic acids is 1. The van der Waals surface area contributed by atoms with Crippen molar-refractivity contribution in [1.82, 2.24) is 10.2 Å². The zero-order chi connectivity index (χ0) is 31.5. The number of carbonyl (C=O) groups is 2. The number of hydrogen-bond donors (Lipinski definition) is 2. The number of methoxy groups -OCH3 is 2. The Kier molecular flexibility index (Phi) is 9.51. The number of carboxylic acid groups (broad SMARTS) is 1. The SMILES string of the molecule is COc1ccc(C(F)(F)F)cc1CN[C@H]1[C@H](C(C)(C)C)[C@@H](C(=O)O)N(C(=O)[C@H](OC)c2ccccc2)[C@H]1c1ccccc1. The van der Waals surface area contributed by atoms with Gasteiger partial charge in [0.2, 0.25) is 0 Å². The molecule has 0 radical (unpaired) electrons. The van der Waals surface area contributed by atoms with Crippen LogP contribution in [0, 0.1) is 11.3 Å². The number of nitrogens with one attached hydrogen (secondary N) is 1. The van der Waals surface area contributed by atoms with Crippen LogP contribution in [0.3, 0.4) is 0 Å². The number of carboxylic acids is 1. The van der Waals surface area contributed by atoms with Crippen LogP contribution >= 0.6 is 0 Å². The van der Waals surface area contributed by atoms with Gasteiger partial charge in [-0.1, -0.05) is 81.4 Å². The van der Waals surface area contributed by atoms with Crippen molar-refractivity contribution in [2.45, 2.75) is 57.7 Å². The first-order chi connectivity index (χ1) is 20.3. The van der Waals surface area contributed by atoms with Crippen LogP contribution in [0.15, 0.2) is 78.9 Å². The highest BCUT2D eigenvalue weighted by molar-refractivity contribution is 5.89. The summed E-state index contributed by atoms with van der Waals surface area (Å²) in [6.07, 6.45) is -5.63. The first kappa shape index (κ1) is 32.0. The second-order valence-electron chi connectivity index (χ2n) is 11.7. The van der Waals surface area contributed by atoms with Crippen LogP contribution in [0.5, 0.6) is 5.75 Å². The normalized spacial score (nSPS) is 21.4. The van der Waals surface area contributed by atoms with Gasteiger partial charge in [0.1, 0.15) is 11.8 Å². The third kappa shape index (κ3) is 6.70. The van der Waals surface area contributed by atoms with E-state index in [-0.39, 0.29) is 17.9 Å². The van der Waals surface area contributed by atoms with Crippen LogP contribution in [0.1, 0.15) is 55.2 Å². The lowest BCUT2D eigenvalue weighted by atomic mass is 9.72. The van der Waals surface area contributed by atoms with Crippen molar-refractivity contribution in [2.75, 3.05) is 14.2 Å². The third-order valence-corrected chi connectivity index (χ3v) is 8.01. The Morgan fingerprint density at radius 1 is 0.953 bits per heavy atom. The summed E-state index contributed by atoms with van der Waals surface area (Å²) in [5, 5.41) is 14.0. The molecular formula is C33H37F3N2O5. The molecule has 0 spiro atoms. The molecule has 1 fully saturated rings. The van der Waals surface area contributed by atoms with Gasteiger partial charge < -0.3 is 24.8 Å². The summed E-state index contributed by atoms with van der Waals surface area (Å²) in [5.41, 5.74) is 0.0476. The number of likely N-dealkylation sites (tertiary alicyclic amines) is 1. The molecule has 1 aliphatic heterocycles. The Balaban J connectivity index is 1.86. The maximum atomic E-state index is 14.4. The molecule has 5 atom stereocenters. The number of hydrogen-bond acceptors (Lipinski definition) is 5. The van der Waals surface area contributed by atoms with Crippen LogP contribution in [0.25, 0.3) is 0 Å². The molecule has 10 heteroatoms. The molecule has 7 nitrogen and oxygen atoms in total. The van der Waals surface area contributed by atoms with Crippen LogP contribution in [-0.4, -0.2) is 48.2 Å². The number of nitrogens with zero attached hydrogens (tertiary/aromatic N) is 1. The van der Waals surface area contributed by atoms with Crippen molar-refractivity contribution < 1.29 is 37.3 Å². The molecule has 0 unspecified atom stereocenters. The highest BCUT2D eigenvalue weighted by Crippen LogP contribution is 2.49. The molecule has 4 rings (SSSR count). The van der Waals surface area contributed by atoms with Crippen molar-refractivity contribution in [3.05, 3.63) is 101 Å². The molecule has 1 saturated heterocycles. The van der Waals surface area contributed by atoms with Crippen LogP contribution in [0.2, 0.25) is 0 Å². The lowest BCUT2D eigenvalue weighted by Gasteiger charge is -2.35. The zero-order valence-corrected chi connectivity index (χ0v) is 24.8. The van der Waals surface area contributed by atoms with E-state index >= 15 is 0 Å². The molecule has 0 bridgehead atoms. The Hall–Kier alpha value is -3.89. The van der Waals surface area contributed by atoms with E-state index in [9.17, 15) is 27.9 Å². The first-order valence-electron chi connectivity index (χ1n) is 13.9. The van der Waals surface area contributed by atoms with Gasteiger partial charge in [0.25, 0.3) is 5.91 Å². The van der Waals surface area contributed by atoms with Gasteiger partial charge in [0.15, 0.2) is 6.10 Å². The molecule has 1 amide bonds. The van der Waals surface area contributed by atoms with Crippen molar-refractivity contribution >= 4 is 11.9 Å². The number of benzene rings is 3. The molecule has 0 saturated carbocycles. The molecular weight excluding hydrogens is 561 g/mol. The minimum atomic E-state index is -4.56. The molecule has 1 aliphatic rings. The molecule has 3 aromatic rings. The van der Waals surface area contributed by atoms with Crippen molar-refractivity contribution in [1.29, 1.82) is 0 Å². The molecule has 3 aromatic carbocycles. The minimum absolute atomic E-state index is 0.0611. The van der Waals surface area contributed by atoms with Gasteiger partial charge in [-0.3, -0.25) is 4.79 Å². The second kappa shape index (κ2) is 12.8. The number of alkyl halides is 3. The molecule has 230 valence electrons. The summed E-state index contributed by atoms with van der Waals surface area (Å²) in [6, 6.07) is 18.4. The van der Waals surface area contributed by atoms with Crippen LogP contribution in [-0.2, 0) is 27.0 Å². The monoisotopic (exact) mass is 598 g/mol. The highest BCUT2D eigenvalue weighted by Gasteiger charge is 2.58. The summed E-state index contributed by atoms with van der Waals surface area (Å²) in [5.74, 6) is -2.10. The van der Waals surface area contributed by atoms with Gasteiger partial charge in [0, 0.05) is 31.2 Å². The Bertz CT molecular complexity index is 1410. The Morgan fingerprint density at radius 2 is 1.56 bits per heavy atom. The minimum Gasteiger partial charge on any atom is -0.496 e. The first-order valence-corrected chi connectivity index (χ1v) is 13.9. The molecule has 1 heterocycles. The summed E-state index contributed by atoms with van der Waals surface area (Å²) in [4.78, 5) is 28.8. The largest absolute Gasteiger partial charge is 0.496 e. The molecule has 0 aliphatic carbocycles. The van der Waals surface area contributed by atoms with E-state index in [1.807, 2.05) is 39.0 Å². The number of ether oxygens (including phenoxy) is 2. The van der Waals surface area contributed by atoms with Gasteiger partial charge in [-0.05, 0) is 34.7 Å². The standard InChI is InChI=1S/C33H37F3N2O5/c1-32(2,3)25-26(37-19-22-18-23(33(34,35)36)16-17-24(22)42-4)27(20-12-8-6-9-13-20)38(28(25)31(40)41)30(39)29(43-5)21-14-10-7-11-15-21/h6-18,25-29,37H,19H2,1-5H3,(H,40,41)/t25-,26-,27-,28-,29+/m0/s1. The maximum absolute atomic E-state index is 14.4. The van der Waals surface area contributed by atoms with E-state index in [0.717, 1.165) is 12.1 Å². The Labute approximate surface area is 249 Å². The summed E-state index contributed by atoms with van der Waals surface area (Å²) >= 11 is 0. The maximum Gasteiger partial charge on any atom is 0.416 e. The van der Waals surface area contributed by atoms with E-state index < -0.39 is 59.2 Å². The summed E-state index contributed by atoms with van der Waals surface area (Å²) in [6.45, 7) is 5.63. The number of halogens is 3. The number of amides is 1. The average Bonchev–Trinajstić information content (AvgIpc) is 3.33. The van der Waals surface area contributed by atoms with Crippen molar-refractivity contribution in [3.63, 3.8) is 0 Å². The van der Waals surface area contributed by atoms with Crippen molar-refractivity contribution in [3.8, 4) is 5.75 Å². The smallest absolute Gasteiger partial charge is 0.416 e. The van der Waals surface area contributed by atoms with E-state index in [4.69, 9.17) is 9.47 Å². The van der Waals surface area contributed by atoms with Gasteiger partial charge in [0.05, 0.1) is 18.7 Å². The van der Waals surface area contributed by atoms with E-state index in [1.54, 1.807) is 42.5 Å². The number of aliphatic carboxylic acids is 1.